The molecule has 0 fully saturated rings. The van der Waals surface area contributed by atoms with Crippen molar-refractivity contribution in [3.05, 3.63) is 59.0 Å². The lowest BCUT2D eigenvalue weighted by atomic mass is 10.2. The smallest absolute Gasteiger partial charge is 0.139 e. The number of rotatable bonds is 2. The zero-order valence-electron chi connectivity index (χ0n) is 9.77. The zero-order chi connectivity index (χ0) is 13.2. The minimum Gasteiger partial charge on any atom is -0.344 e. The molecule has 3 aromatic rings. The van der Waals surface area contributed by atoms with Crippen molar-refractivity contribution in [2.45, 2.75) is 0 Å². The fourth-order valence-corrected chi connectivity index (χ4v) is 2.31. The molecule has 0 radical (unpaired) electrons. The lowest BCUT2D eigenvalue weighted by molar-refractivity contribution is 1.26. The Kier molecular flexibility index (Phi) is 3.23. The van der Waals surface area contributed by atoms with Crippen molar-refractivity contribution in [3.8, 4) is 22.6 Å². The molecule has 94 valence electrons. The second-order valence-electron chi connectivity index (χ2n) is 4.00. The van der Waals surface area contributed by atoms with Crippen LogP contribution in [0.2, 0.25) is 10.0 Å². The van der Waals surface area contributed by atoms with Crippen LogP contribution in [0.5, 0.6) is 0 Å². The summed E-state index contributed by atoms with van der Waals surface area (Å²) in [5.74, 6) is 0.758. The van der Waals surface area contributed by atoms with Gasteiger partial charge in [-0.2, -0.15) is 0 Å². The van der Waals surface area contributed by atoms with Gasteiger partial charge in [-0.05, 0) is 30.3 Å². The Morgan fingerprint density at radius 1 is 1.11 bits per heavy atom. The van der Waals surface area contributed by atoms with Crippen LogP contribution in [0, 0.1) is 0 Å². The van der Waals surface area contributed by atoms with Crippen LogP contribution in [-0.4, -0.2) is 15.0 Å². The highest BCUT2D eigenvalue weighted by molar-refractivity contribution is 6.36. The van der Waals surface area contributed by atoms with Crippen molar-refractivity contribution in [2.24, 2.45) is 0 Å². The number of nitrogens with one attached hydrogen (secondary N) is 1. The second-order valence-corrected chi connectivity index (χ2v) is 4.84. The molecule has 0 aliphatic rings. The van der Waals surface area contributed by atoms with Gasteiger partial charge in [0.25, 0.3) is 0 Å². The Hall–Kier alpha value is -1.84. The van der Waals surface area contributed by atoms with Crippen LogP contribution < -0.4 is 0 Å². The Morgan fingerprint density at radius 3 is 2.74 bits per heavy atom. The van der Waals surface area contributed by atoms with E-state index in [2.05, 4.69) is 15.0 Å². The molecule has 0 spiro atoms. The van der Waals surface area contributed by atoms with Crippen LogP contribution in [-0.2, 0) is 0 Å². The molecule has 1 N–H and O–H groups in total. The topological polar surface area (TPSA) is 41.6 Å². The predicted octanol–water partition coefficient (Wildman–Crippen LogP) is 4.45. The van der Waals surface area contributed by atoms with Crippen molar-refractivity contribution in [3.63, 3.8) is 0 Å². The maximum Gasteiger partial charge on any atom is 0.139 e. The highest BCUT2D eigenvalue weighted by Gasteiger charge is 2.09. The molecule has 0 unspecified atom stereocenters. The van der Waals surface area contributed by atoms with Crippen molar-refractivity contribution < 1.29 is 0 Å². The normalized spacial score (nSPS) is 10.6. The summed E-state index contributed by atoms with van der Waals surface area (Å²) in [5.41, 5.74) is 2.55. The molecule has 3 rings (SSSR count). The first-order valence-electron chi connectivity index (χ1n) is 5.65. The molecule has 0 atom stereocenters. The lowest BCUT2D eigenvalue weighted by Crippen LogP contribution is -1.82. The average molecular weight is 290 g/mol. The van der Waals surface area contributed by atoms with Crippen molar-refractivity contribution in [2.75, 3.05) is 0 Å². The first-order chi connectivity index (χ1) is 9.24. The van der Waals surface area contributed by atoms with Crippen LogP contribution in [0.25, 0.3) is 22.6 Å². The third-order valence-electron chi connectivity index (χ3n) is 2.72. The predicted molar refractivity (Wildman–Crippen MR) is 77.3 cm³/mol. The molecular weight excluding hydrogens is 281 g/mol. The number of nitrogens with zero attached hydrogens (tertiary/aromatic N) is 2. The van der Waals surface area contributed by atoms with Crippen molar-refractivity contribution >= 4 is 23.2 Å². The summed E-state index contributed by atoms with van der Waals surface area (Å²) < 4.78 is 0. The fraction of sp³-hybridized carbons (Fsp3) is 0. The summed E-state index contributed by atoms with van der Waals surface area (Å²) in [7, 11) is 0. The monoisotopic (exact) mass is 289 g/mol. The molecule has 0 aliphatic heterocycles. The first-order valence-corrected chi connectivity index (χ1v) is 6.41. The molecule has 2 aromatic heterocycles. The van der Waals surface area contributed by atoms with E-state index in [4.69, 9.17) is 23.2 Å². The molecule has 5 heteroatoms. The molecule has 0 bridgehead atoms. The minimum atomic E-state index is 0.580. The van der Waals surface area contributed by atoms with Gasteiger partial charge < -0.3 is 4.98 Å². The molecule has 0 saturated heterocycles. The van der Waals surface area contributed by atoms with Crippen LogP contribution >= 0.6 is 23.2 Å². The van der Waals surface area contributed by atoms with Gasteiger partial charge in [0, 0.05) is 34.7 Å². The number of aromatic nitrogens is 3. The fourth-order valence-electron chi connectivity index (χ4n) is 1.81. The quantitative estimate of drug-likeness (QED) is 0.757. The summed E-state index contributed by atoms with van der Waals surface area (Å²) in [6.45, 7) is 0. The number of benzene rings is 1. The van der Waals surface area contributed by atoms with Gasteiger partial charge in [0.15, 0.2) is 0 Å². The maximum atomic E-state index is 6.17. The summed E-state index contributed by atoms with van der Waals surface area (Å²) in [5, 5.41) is 1.19. The third-order valence-corrected chi connectivity index (χ3v) is 3.27. The SMILES string of the molecule is Clc1ccc(-c2c[nH]c(-c3cccnc3)n2)c(Cl)c1. The molecule has 0 saturated carbocycles. The van der Waals surface area contributed by atoms with Gasteiger partial charge in [0.05, 0.1) is 10.7 Å². The van der Waals surface area contributed by atoms with E-state index in [0.717, 1.165) is 22.6 Å². The van der Waals surface area contributed by atoms with Gasteiger partial charge in [-0.15, -0.1) is 0 Å². The summed E-state index contributed by atoms with van der Waals surface area (Å²) in [6, 6.07) is 9.16. The van der Waals surface area contributed by atoms with E-state index in [1.165, 1.54) is 0 Å². The number of halogens is 2. The number of aromatic amines is 1. The molecule has 0 aliphatic carbocycles. The third kappa shape index (κ3) is 2.48. The molecule has 2 heterocycles. The van der Waals surface area contributed by atoms with E-state index < -0.39 is 0 Å². The standard InChI is InChI=1S/C14H9Cl2N3/c15-10-3-4-11(12(16)6-10)13-8-18-14(19-13)9-2-1-5-17-7-9/h1-8H,(H,18,19). The zero-order valence-corrected chi connectivity index (χ0v) is 11.3. The number of imidazole rings is 1. The largest absolute Gasteiger partial charge is 0.344 e. The van der Waals surface area contributed by atoms with E-state index in [0.29, 0.717) is 10.0 Å². The number of hydrogen-bond acceptors (Lipinski definition) is 2. The van der Waals surface area contributed by atoms with Gasteiger partial charge in [-0.3, -0.25) is 4.98 Å². The van der Waals surface area contributed by atoms with Crippen LogP contribution in [0.4, 0.5) is 0 Å². The average Bonchev–Trinajstić information content (AvgIpc) is 2.89. The highest BCUT2D eigenvalue weighted by Crippen LogP contribution is 2.30. The Balaban J connectivity index is 2.02. The van der Waals surface area contributed by atoms with Gasteiger partial charge in [0.2, 0.25) is 0 Å². The van der Waals surface area contributed by atoms with Crippen LogP contribution in [0.1, 0.15) is 0 Å². The van der Waals surface area contributed by atoms with Crippen molar-refractivity contribution in [1.82, 2.24) is 15.0 Å². The molecule has 0 amide bonds. The van der Waals surface area contributed by atoms with E-state index in [1.807, 2.05) is 24.4 Å². The minimum absolute atomic E-state index is 0.580. The number of pyridine rings is 1. The molecule has 3 nitrogen and oxygen atoms in total. The first kappa shape index (κ1) is 12.2. The molecule has 1 aromatic carbocycles. The molecule has 19 heavy (non-hydrogen) atoms. The van der Waals surface area contributed by atoms with Gasteiger partial charge in [-0.1, -0.05) is 23.2 Å². The van der Waals surface area contributed by atoms with Gasteiger partial charge in [-0.25, -0.2) is 4.98 Å². The van der Waals surface area contributed by atoms with E-state index in [-0.39, 0.29) is 0 Å². The van der Waals surface area contributed by atoms with Crippen LogP contribution in [0.15, 0.2) is 48.9 Å². The van der Waals surface area contributed by atoms with E-state index in [9.17, 15) is 0 Å². The van der Waals surface area contributed by atoms with E-state index in [1.54, 1.807) is 24.5 Å². The lowest BCUT2D eigenvalue weighted by Gasteiger charge is -2.00. The Bertz CT molecular complexity index is 708. The van der Waals surface area contributed by atoms with Crippen molar-refractivity contribution in [1.29, 1.82) is 0 Å². The molecular formula is C14H9Cl2N3. The summed E-state index contributed by atoms with van der Waals surface area (Å²) >= 11 is 12.1. The van der Waals surface area contributed by atoms with Gasteiger partial charge in [0.1, 0.15) is 5.82 Å². The van der Waals surface area contributed by atoms with E-state index >= 15 is 0 Å². The maximum absolute atomic E-state index is 6.17. The Labute approximate surface area is 120 Å². The Morgan fingerprint density at radius 2 is 2.00 bits per heavy atom. The summed E-state index contributed by atoms with van der Waals surface area (Å²) in [6.07, 6.45) is 5.30. The van der Waals surface area contributed by atoms with Gasteiger partial charge >= 0.3 is 0 Å². The summed E-state index contributed by atoms with van der Waals surface area (Å²) in [4.78, 5) is 11.7. The number of H-pyrrole nitrogens is 1. The van der Waals surface area contributed by atoms with Crippen LogP contribution in [0.3, 0.4) is 0 Å². The highest BCUT2D eigenvalue weighted by atomic mass is 35.5. The number of hydrogen-bond donors (Lipinski definition) is 1. The second kappa shape index (κ2) is 5.03.